The molecule has 0 unspecified atom stereocenters. The topological polar surface area (TPSA) is 30.7 Å². The first-order valence-electron chi connectivity index (χ1n) is 14.4. The summed E-state index contributed by atoms with van der Waals surface area (Å²) in [4.78, 5) is 12.4. The lowest BCUT2D eigenvalue weighted by Crippen LogP contribution is -2.04. The first-order chi connectivity index (χ1) is 20.8. The van der Waals surface area contributed by atoms with Crippen molar-refractivity contribution in [1.82, 2.24) is 14.5 Å². The third-order valence-electron chi connectivity index (χ3n) is 8.57. The first kappa shape index (κ1) is 23.7. The van der Waals surface area contributed by atoms with E-state index in [-0.39, 0.29) is 0 Å². The van der Waals surface area contributed by atoms with Gasteiger partial charge in [0.25, 0.3) is 0 Å². The highest BCUT2D eigenvalue weighted by molar-refractivity contribution is 8.08. The molecule has 7 aromatic rings. The molecular formula is C38H25N3S. The summed E-state index contributed by atoms with van der Waals surface area (Å²) in [6.45, 7) is 0. The fourth-order valence-corrected chi connectivity index (χ4v) is 7.88. The van der Waals surface area contributed by atoms with Crippen LogP contribution in [0, 0.1) is 0 Å². The van der Waals surface area contributed by atoms with Gasteiger partial charge >= 0.3 is 0 Å². The fraction of sp³-hybridized carbons (Fsp3) is 0.0526. The summed E-state index contributed by atoms with van der Waals surface area (Å²) in [6.07, 6.45) is 8.22. The number of nitrogens with zero attached hydrogens (tertiary/aromatic N) is 3. The highest BCUT2D eigenvalue weighted by atomic mass is 32.2. The molecule has 2 aromatic heterocycles. The third kappa shape index (κ3) is 3.55. The van der Waals surface area contributed by atoms with Crippen molar-refractivity contribution in [2.75, 3.05) is 0 Å². The van der Waals surface area contributed by atoms with Crippen molar-refractivity contribution in [2.24, 2.45) is 0 Å². The molecule has 2 aliphatic rings. The Morgan fingerprint density at radius 2 is 1.43 bits per heavy atom. The Hall–Kier alpha value is -4.93. The summed E-state index contributed by atoms with van der Waals surface area (Å²) >= 11 is 1.92. The molecule has 0 atom stereocenters. The SMILES string of the molecule is C1=C2Sc3ccc(-c4ccc5c(c4)c4ccccc4n5-c4nccnc4-c4ccccc4)cc3-c3cccc(c32)CC1. The van der Waals surface area contributed by atoms with Crippen molar-refractivity contribution in [3.63, 3.8) is 0 Å². The Balaban J connectivity index is 1.23. The zero-order chi connectivity index (χ0) is 27.6. The molecule has 0 spiro atoms. The van der Waals surface area contributed by atoms with Gasteiger partial charge in [0.1, 0.15) is 5.69 Å². The highest BCUT2D eigenvalue weighted by Gasteiger charge is 2.25. The normalized spacial score (nSPS) is 13.6. The molecule has 0 amide bonds. The Kier molecular flexibility index (Phi) is 5.26. The molecule has 3 nitrogen and oxygen atoms in total. The van der Waals surface area contributed by atoms with Crippen LogP contribution in [0.5, 0.6) is 0 Å². The van der Waals surface area contributed by atoms with Crippen LogP contribution in [0.25, 0.3) is 66.0 Å². The molecule has 4 heteroatoms. The molecule has 3 heterocycles. The predicted molar refractivity (Wildman–Crippen MR) is 175 cm³/mol. The van der Waals surface area contributed by atoms with Crippen LogP contribution in [0.1, 0.15) is 17.5 Å². The highest BCUT2D eigenvalue weighted by Crippen LogP contribution is 2.52. The van der Waals surface area contributed by atoms with Crippen molar-refractivity contribution in [1.29, 1.82) is 0 Å². The summed E-state index contributed by atoms with van der Waals surface area (Å²) < 4.78 is 2.26. The monoisotopic (exact) mass is 555 g/mol. The molecular weight excluding hydrogens is 531 g/mol. The summed E-state index contributed by atoms with van der Waals surface area (Å²) in [7, 11) is 0. The van der Waals surface area contributed by atoms with Gasteiger partial charge in [-0.05, 0) is 76.6 Å². The molecule has 0 saturated carbocycles. The van der Waals surface area contributed by atoms with Crippen LogP contribution in [-0.2, 0) is 6.42 Å². The summed E-state index contributed by atoms with van der Waals surface area (Å²) in [5.41, 5.74) is 12.2. The lowest BCUT2D eigenvalue weighted by atomic mass is 9.88. The lowest BCUT2D eigenvalue weighted by molar-refractivity contribution is 0.983. The van der Waals surface area contributed by atoms with Crippen LogP contribution < -0.4 is 0 Å². The Labute approximate surface area is 248 Å². The van der Waals surface area contributed by atoms with Crippen molar-refractivity contribution in [3.05, 3.63) is 139 Å². The average molecular weight is 556 g/mol. The van der Waals surface area contributed by atoms with Crippen LogP contribution in [-0.4, -0.2) is 14.5 Å². The van der Waals surface area contributed by atoms with Gasteiger partial charge in [-0.15, -0.1) is 0 Å². The second kappa shape index (κ2) is 9.30. The second-order valence-corrected chi connectivity index (χ2v) is 12.0. The second-order valence-electron chi connectivity index (χ2n) is 10.9. The first-order valence-corrected chi connectivity index (χ1v) is 15.2. The number of hydrogen-bond acceptors (Lipinski definition) is 3. The number of allylic oxidation sites excluding steroid dienone is 1. The van der Waals surface area contributed by atoms with Gasteiger partial charge in [-0.2, -0.15) is 0 Å². The van der Waals surface area contributed by atoms with Gasteiger partial charge in [-0.1, -0.05) is 96.7 Å². The molecule has 1 aliphatic heterocycles. The molecule has 0 fully saturated rings. The molecule has 0 N–H and O–H groups in total. The van der Waals surface area contributed by atoms with E-state index in [4.69, 9.17) is 9.97 Å². The summed E-state index contributed by atoms with van der Waals surface area (Å²) in [6, 6.07) is 39.5. The van der Waals surface area contributed by atoms with E-state index < -0.39 is 0 Å². The molecule has 5 aromatic carbocycles. The number of benzene rings is 5. The van der Waals surface area contributed by atoms with Crippen LogP contribution in [0.2, 0.25) is 0 Å². The average Bonchev–Trinajstić information content (AvgIpc) is 3.39. The van der Waals surface area contributed by atoms with Crippen molar-refractivity contribution in [2.45, 2.75) is 17.7 Å². The zero-order valence-electron chi connectivity index (χ0n) is 22.8. The van der Waals surface area contributed by atoms with Gasteiger partial charge in [0.15, 0.2) is 5.82 Å². The van der Waals surface area contributed by atoms with E-state index in [1.54, 1.807) is 12.4 Å². The van der Waals surface area contributed by atoms with E-state index in [2.05, 4.69) is 102 Å². The van der Waals surface area contributed by atoms with Crippen LogP contribution in [0.4, 0.5) is 0 Å². The molecule has 0 bridgehead atoms. The van der Waals surface area contributed by atoms with Gasteiger partial charge in [-0.3, -0.25) is 9.55 Å². The smallest absolute Gasteiger partial charge is 0.164 e. The number of aryl methyl sites for hydroxylation is 1. The minimum absolute atomic E-state index is 0.839. The van der Waals surface area contributed by atoms with Gasteiger partial charge in [-0.25, -0.2) is 4.98 Å². The molecule has 0 radical (unpaired) electrons. The Morgan fingerprint density at radius 1 is 0.619 bits per heavy atom. The van der Waals surface area contributed by atoms with Crippen LogP contribution >= 0.6 is 11.8 Å². The van der Waals surface area contributed by atoms with Gasteiger partial charge in [0, 0.05) is 38.5 Å². The Bertz CT molecular complexity index is 2230. The van der Waals surface area contributed by atoms with Gasteiger partial charge < -0.3 is 0 Å². The van der Waals surface area contributed by atoms with Crippen LogP contribution in [0.15, 0.2) is 133 Å². The van der Waals surface area contributed by atoms with E-state index in [1.807, 2.05) is 30.0 Å². The molecule has 198 valence electrons. The van der Waals surface area contributed by atoms with E-state index in [0.29, 0.717) is 0 Å². The summed E-state index contributed by atoms with van der Waals surface area (Å²) in [5, 5.41) is 2.42. The number of hydrogen-bond donors (Lipinski definition) is 0. The number of thioether (sulfide) groups is 1. The van der Waals surface area contributed by atoms with E-state index in [1.165, 1.54) is 54.0 Å². The maximum absolute atomic E-state index is 4.87. The number of fused-ring (bicyclic) bond motifs is 5. The van der Waals surface area contributed by atoms with Gasteiger partial charge in [0.05, 0.1) is 11.0 Å². The third-order valence-corrected chi connectivity index (χ3v) is 9.74. The van der Waals surface area contributed by atoms with Crippen molar-refractivity contribution in [3.8, 4) is 39.3 Å². The van der Waals surface area contributed by atoms with Crippen molar-refractivity contribution >= 4 is 38.5 Å². The number of rotatable bonds is 3. The quantitative estimate of drug-likeness (QED) is 0.217. The van der Waals surface area contributed by atoms with E-state index >= 15 is 0 Å². The maximum atomic E-state index is 4.87. The maximum Gasteiger partial charge on any atom is 0.164 e. The minimum Gasteiger partial charge on any atom is -0.292 e. The lowest BCUT2D eigenvalue weighted by Gasteiger charge is -2.27. The fourth-order valence-electron chi connectivity index (χ4n) is 6.68. The molecule has 0 saturated heterocycles. The molecule has 42 heavy (non-hydrogen) atoms. The Morgan fingerprint density at radius 3 is 2.38 bits per heavy atom. The van der Waals surface area contributed by atoms with Gasteiger partial charge in [0.2, 0.25) is 0 Å². The van der Waals surface area contributed by atoms with E-state index in [9.17, 15) is 0 Å². The van der Waals surface area contributed by atoms with Crippen molar-refractivity contribution < 1.29 is 0 Å². The molecule has 1 aliphatic carbocycles. The zero-order valence-corrected chi connectivity index (χ0v) is 23.6. The predicted octanol–water partition coefficient (Wildman–Crippen LogP) is 9.97. The van der Waals surface area contributed by atoms with Crippen LogP contribution in [0.3, 0.4) is 0 Å². The largest absolute Gasteiger partial charge is 0.292 e. The molecule has 9 rings (SSSR count). The number of para-hydroxylation sites is 1. The van der Waals surface area contributed by atoms with E-state index in [0.717, 1.165) is 41.0 Å². The summed E-state index contributed by atoms with van der Waals surface area (Å²) in [5.74, 6) is 0.839. The number of aromatic nitrogens is 3. The minimum atomic E-state index is 0.839. The standard InChI is InChI=1S/C38H25N3S/c1-2-8-25(9-3-1)37-38(40-21-20-39-37)41-32-14-5-4-12-28(32)30-22-26(16-18-33(30)41)27-17-19-34-31(23-27)29-13-6-10-24-11-7-15-35(42-34)36(24)29/h1-6,8-10,12-23H,7,11H2.